The molecule has 0 atom stereocenters. The predicted octanol–water partition coefficient (Wildman–Crippen LogP) is 3.22. The summed E-state index contributed by atoms with van der Waals surface area (Å²) in [6.45, 7) is -0.0797. The lowest BCUT2D eigenvalue weighted by Gasteiger charge is -2.14. The molecule has 0 amide bonds. The van der Waals surface area contributed by atoms with Crippen molar-refractivity contribution in [3.05, 3.63) is 81.1 Å². The quantitative estimate of drug-likeness (QED) is 0.723. The molecule has 0 fully saturated rings. The van der Waals surface area contributed by atoms with E-state index in [9.17, 15) is 24.1 Å². The number of nitriles is 2. The summed E-state index contributed by atoms with van der Waals surface area (Å²) in [6, 6.07) is 13.4. The van der Waals surface area contributed by atoms with Crippen LogP contribution >= 0.6 is 0 Å². The highest BCUT2D eigenvalue weighted by Gasteiger charge is 2.20. The number of ether oxygens (including phenoxy) is 1. The van der Waals surface area contributed by atoms with Gasteiger partial charge in [0.2, 0.25) is 0 Å². The molecule has 6 nitrogen and oxygen atoms in total. The molecule has 138 valence electrons. The molecular formula is C20H12F2N4O2. The zero-order chi connectivity index (χ0) is 20.3. The Bertz CT molecular complexity index is 1210. The first-order chi connectivity index (χ1) is 13.5. The standard InChI is InChI=1S/C20H12F2N4O2/c21-16-6-5-12(7-17(16)22)28-10-11-3-1-2-4-13(11)18-14(8-23)19(25)26-20(27)15(18)9-24/h1-7H,10H2,(H3,25,26,27). The fourth-order valence-corrected chi connectivity index (χ4v) is 2.73. The van der Waals surface area contributed by atoms with Crippen molar-refractivity contribution in [2.24, 2.45) is 0 Å². The van der Waals surface area contributed by atoms with E-state index in [1.807, 2.05) is 6.07 Å². The third kappa shape index (κ3) is 3.39. The minimum Gasteiger partial charge on any atom is -0.489 e. The van der Waals surface area contributed by atoms with E-state index in [2.05, 4.69) is 4.98 Å². The van der Waals surface area contributed by atoms with Crippen molar-refractivity contribution < 1.29 is 13.5 Å². The van der Waals surface area contributed by atoms with E-state index in [0.29, 0.717) is 11.1 Å². The number of H-pyrrole nitrogens is 1. The van der Waals surface area contributed by atoms with Crippen molar-refractivity contribution in [2.45, 2.75) is 6.61 Å². The molecule has 0 aliphatic carbocycles. The van der Waals surface area contributed by atoms with Crippen LogP contribution < -0.4 is 16.0 Å². The molecule has 0 aliphatic heterocycles. The van der Waals surface area contributed by atoms with E-state index >= 15 is 0 Å². The molecule has 1 aromatic heterocycles. The Morgan fingerprint density at radius 1 is 1.04 bits per heavy atom. The molecule has 0 spiro atoms. The van der Waals surface area contributed by atoms with Crippen LogP contribution in [-0.2, 0) is 6.61 Å². The average Bonchev–Trinajstić information content (AvgIpc) is 2.68. The Morgan fingerprint density at radius 3 is 2.43 bits per heavy atom. The average molecular weight is 378 g/mol. The zero-order valence-electron chi connectivity index (χ0n) is 14.3. The molecule has 3 rings (SSSR count). The fourth-order valence-electron chi connectivity index (χ4n) is 2.73. The SMILES string of the molecule is N#Cc1c(N)[nH]c(=O)c(C#N)c1-c1ccccc1COc1ccc(F)c(F)c1. The zero-order valence-corrected chi connectivity index (χ0v) is 14.3. The van der Waals surface area contributed by atoms with E-state index < -0.39 is 17.2 Å². The van der Waals surface area contributed by atoms with Crippen molar-refractivity contribution >= 4 is 5.82 Å². The van der Waals surface area contributed by atoms with E-state index in [0.717, 1.165) is 12.1 Å². The first-order valence-electron chi connectivity index (χ1n) is 7.98. The van der Waals surface area contributed by atoms with Gasteiger partial charge in [-0.15, -0.1) is 0 Å². The van der Waals surface area contributed by atoms with Gasteiger partial charge in [-0.3, -0.25) is 4.79 Å². The molecule has 0 saturated carbocycles. The second-order valence-corrected chi connectivity index (χ2v) is 5.74. The number of pyridine rings is 1. The number of halogens is 2. The number of rotatable bonds is 4. The van der Waals surface area contributed by atoms with Gasteiger partial charge in [0.05, 0.1) is 0 Å². The molecule has 0 radical (unpaired) electrons. The topological polar surface area (TPSA) is 116 Å². The number of hydrogen-bond acceptors (Lipinski definition) is 5. The van der Waals surface area contributed by atoms with E-state index in [-0.39, 0.29) is 34.9 Å². The molecule has 2 aromatic carbocycles. The second kappa shape index (κ2) is 7.60. The summed E-state index contributed by atoms with van der Waals surface area (Å²) in [4.78, 5) is 14.4. The smallest absolute Gasteiger partial charge is 0.268 e. The fraction of sp³-hybridized carbons (Fsp3) is 0.0500. The van der Waals surface area contributed by atoms with Crippen LogP contribution in [0, 0.1) is 34.3 Å². The Balaban J connectivity index is 2.09. The third-order valence-corrected chi connectivity index (χ3v) is 4.04. The molecule has 0 unspecified atom stereocenters. The van der Waals surface area contributed by atoms with Gasteiger partial charge in [0, 0.05) is 11.6 Å². The third-order valence-electron chi connectivity index (χ3n) is 4.04. The minimum absolute atomic E-state index is 0.0450. The normalized spacial score (nSPS) is 10.1. The van der Waals surface area contributed by atoms with Crippen LogP contribution in [0.25, 0.3) is 11.1 Å². The van der Waals surface area contributed by atoms with Crippen LogP contribution in [0.4, 0.5) is 14.6 Å². The second-order valence-electron chi connectivity index (χ2n) is 5.74. The minimum atomic E-state index is -1.05. The van der Waals surface area contributed by atoms with Crippen molar-refractivity contribution in [1.82, 2.24) is 4.98 Å². The Hall–Kier alpha value is -4.17. The van der Waals surface area contributed by atoms with Gasteiger partial charge in [-0.05, 0) is 23.3 Å². The van der Waals surface area contributed by atoms with Crippen LogP contribution in [0.15, 0.2) is 47.3 Å². The molecule has 1 heterocycles. The number of nitrogens with zero attached hydrogens (tertiary/aromatic N) is 2. The number of nitrogens with one attached hydrogen (secondary N) is 1. The summed E-state index contributed by atoms with van der Waals surface area (Å²) in [6.07, 6.45) is 0. The number of aromatic nitrogens is 1. The number of benzene rings is 2. The maximum absolute atomic E-state index is 13.4. The number of nitrogen functional groups attached to an aromatic ring is 1. The maximum Gasteiger partial charge on any atom is 0.268 e. The van der Waals surface area contributed by atoms with Gasteiger partial charge in [0.15, 0.2) is 11.6 Å². The maximum atomic E-state index is 13.4. The van der Waals surface area contributed by atoms with Crippen molar-refractivity contribution in [3.63, 3.8) is 0 Å². The number of anilines is 1. The molecule has 8 heteroatoms. The van der Waals surface area contributed by atoms with Crippen molar-refractivity contribution in [2.75, 3.05) is 5.73 Å². The first kappa shape index (κ1) is 18.6. The van der Waals surface area contributed by atoms with Crippen LogP contribution in [0.1, 0.15) is 16.7 Å². The lowest BCUT2D eigenvalue weighted by Crippen LogP contribution is -2.17. The summed E-state index contributed by atoms with van der Waals surface area (Å²) < 4.78 is 31.9. The van der Waals surface area contributed by atoms with Crippen molar-refractivity contribution in [3.8, 4) is 29.0 Å². The Labute approximate surface area is 158 Å². The van der Waals surface area contributed by atoms with Crippen LogP contribution in [0.5, 0.6) is 5.75 Å². The first-order valence-corrected chi connectivity index (χ1v) is 7.98. The van der Waals surface area contributed by atoms with Gasteiger partial charge in [0.25, 0.3) is 5.56 Å². The van der Waals surface area contributed by atoms with Gasteiger partial charge in [-0.25, -0.2) is 8.78 Å². The highest BCUT2D eigenvalue weighted by atomic mass is 19.2. The lowest BCUT2D eigenvalue weighted by atomic mass is 9.93. The highest BCUT2D eigenvalue weighted by molar-refractivity contribution is 5.81. The molecule has 28 heavy (non-hydrogen) atoms. The van der Waals surface area contributed by atoms with Gasteiger partial charge in [0.1, 0.15) is 41.4 Å². The summed E-state index contributed by atoms with van der Waals surface area (Å²) >= 11 is 0. The molecular weight excluding hydrogens is 366 g/mol. The van der Waals surface area contributed by atoms with Gasteiger partial charge in [-0.2, -0.15) is 10.5 Å². The van der Waals surface area contributed by atoms with Crippen molar-refractivity contribution in [1.29, 1.82) is 10.5 Å². The van der Waals surface area contributed by atoms with Crippen LogP contribution in [0.3, 0.4) is 0 Å². The van der Waals surface area contributed by atoms with Crippen LogP contribution in [0.2, 0.25) is 0 Å². The van der Waals surface area contributed by atoms with Gasteiger partial charge >= 0.3 is 0 Å². The Kier molecular flexibility index (Phi) is 5.05. The summed E-state index contributed by atoms with van der Waals surface area (Å²) in [7, 11) is 0. The van der Waals surface area contributed by atoms with E-state index in [1.54, 1.807) is 30.3 Å². The van der Waals surface area contributed by atoms with E-state index in [4.69, 9.17) is 10.5 Å². The molecule has 0 aliphatic rings. The van der Waals surface area contributed by atoms with Gasteiger partial charge in [-0.1, -0.05) is 24.3 Å². The molecule has 0 saturated heterocycles. The Morgan fingerprint density at radius 2 is 1.75 bits per heavy atom. The van der Waals surface area contributed by atoms with Gasteiger partial charge < -0.3 is 15.5 Å². The summed E-state index contributed by atoms with van der Waals surface area (Å²) in [5, 5.41) is 18.9. The van der Waals surface area contributed by atoms with Crippen LogP contribution in [-0.4, -0.2) is 4.98 Å². The number of aromatic amines is 1. The lowest BCUT2D eigenvalue weighted by molar-refractivity contribution is 0.304. The highest BCUT2D eigenvalue weighted by Crippen LogP contribution is 2.31. The monoisotopic (exact) mass is 378 g/mol. The largest absolute Gasteiger partial charge is 0.489 e. The number of hydrogen-bond donors (Lipinski definition) is 2. The molecule has 0 bridgehead atoms. The molecule has 3 aromatic rings. The molecule has 3 N–H and O–H groups in total. The summed E-state index contributed by atoms with van der Waals surface area (Å²) in [5.74, 6) is -2.10. The predicted molar refractivity (Wildman–Crippen MR) is 97.0 cm³/mol. The van der Waals surface area contributed by atoms with E-state index in [1.165, 1.54) is 6.07 Å². The number of nitrogens with two attached hydrogens (primary N) is 1. The summed E-state index contributed by atoms with van der Waals surface area (Å²) in [5.41, 5.74) is 5.73.